The van der Waals surface area contributed by atoms with Crippen LogP contribution in [-0.2, 0) is 18.3 Å². The smallest absolute Gasteiger partial charge is 0.320 e. The number of carbonyl (C=O) groups excluding carboxylic acids is 1. The quantitative estimate of drug-likeness (QED) is 0.436. The Morgan fingerprint density at radius 2 is 1.95 bits per heavy atom. The molecule has 0 bridgehead atoms. The Balaban J connectivity index is 1.70. The first-order chi connectivity index (χ1) is 18.8. The van der Waals surface area contributed by atoms with E-state index in [4.69, 9.17) is 21.9 Å². The van der Waals surface area contributed by atoms with Gasteiger partial charge in [0.25, 0.3) is 0 Å². The zero-order valence-corrected chi connectivity index (χ0v) is 23.0. The lowest BCUT2D eigenvalue weighted by atomic mass is 10.2. The van der Waals surface area contributed by atoms with Crippen molar-refractivity contribution < 1.29 is 13.9 Å². The van der Waals surface area contributed by atoms with Gasteiger partial charge in [-0.15, -0.1) is 0 Å². The van der Waals surface area contributed by atoms with Crippen molar-refractivity contribution in [3.05, 3.63) is 81.8 Å². The van der Waals surface area contributed by atoms with Gasteiger partial charge in [0.15, 0.2) is 10.3 Å². The number of urea groups is 1. The summed E-state index contributed by atoms with van der Waals surface area (Å²) in [4.78, 5) is 19.7. The molecule has 4 rings (SSSR count). The highest BCUT2D eigenvalue weighted by atomic mass is 32.1. The lowest BCUT2D eigenvalue weighted by molar-refractivity contribution is -0.0262. The van der Waals surface area contributed by atoms with E-state index < -0.39 is 6.03 Å². The second kappa shape index (κ2) is 12.8. The van der Waals surface area contributed by atoms with Gasteiger partial charge < -0.3 is 14.6 Å². The summed E-state index contributed by atoms with van der Waals surface area (Å²) in [5.41, 5.74) is 2.29. The van der Waals surface area contributed by atoms with E-state index in [0.29, 0.717) is 30.0 Å². The van der Waals surface area contributed by atoms with Crippen molar-refractivity contribution in [2.45, 2.75) is 32.5 Å². The van der Waals surface area contributed by atoms with Crippen LogP contribution in [-0.4, -0.2) is 58.5 Å². The Kier molecular flexibility index (Phi) is 9.24. The summed E-state index contributed by atoms with van der Waals surface area (Å²) in [7, 11) is 1.70. The van der Waals surface area contributed by atoms with Gasteiger partial charge in [-0.25, -0.2) is 9.18 Å². The predicted molar refractivity (Wildman–Crippen MR) is 149 cm³/mol. The molecule has 0 spiro atoms. The summed E-state index contributed by atoms with van der Waals surface area (Å²) in [6.45, 7) is 6.55. The number of rotatable bonds is 7. The highest BCUT2D eigenvalue weighted by Crippen LogP contribution is 2.16. The number of carbonyl (C=O) groups is 1. The van der Waals surface area contributed by atoms with Crippen molar-refractivity contribution in [3.63, 3.8) is 0 Å². The standard InChI is InChI=1S/C28H32FN7O2S/c1-19(2)32-27(37)33-26-24(15-30)25(36(28(39)34(26)3)22-7-5-4-6-8-22)31-16-23-18-35(13-14-38-23)17-20-9-11-21(29)12-10-20/h4-12,19,23H,13-14,16-18H2,1-3H3,(H2,32,33,37). The van der Waals surface area contributed by atoms with E-state index in [1.807, 2.05) is 44.2 Å². The van der Waals surface area contributed by atoms with Gasteiger partial charge in [0.1, 0.15) is 23.3 Å². The van der Waals surface area contributed by atoms with Crippen LogP contribution in [0, 0.1) is 21.9 Å². The number of benzene rings is 2. The fourth-order valence-corrected chi connectivity index (χ4v) is 4.69. The highest BCUT2D eigenvalue weighted by Gasteiger charge is 2.22. The molecule has 204 valence electrons. The lowest BCUT2D eigenvalue weighted by Crippen LogP contribution is -2.43. The molecule has 3 aromatic rings. The summed E-state index contributed by atoms with van der Waals surface area (Å²) in [5, 5.41) is 15.8. The van der Waals surface area contributed by atoms with Crippen LogP contribution in [0.25, 0.3) is 5.69 Å². The maximum atomic E-state index is 13.3. The van der Waals surface area contributed by atoms with E-state index in [-0.39, 0.29) is 35.9 Å². The molecule has 39 heavy (non-hydrogen) atoms. The molecule has 2 N–H and O–H groups in total. The molecule has 1 saturated heterocycles. The fourth-order valence-electron chi connectivity index (χ4n) is 4.41. The summed E-state index contributed by atoms with van der Waals surface area (Å²) in [5.74, 6) is -0.000539. The van der Waals surface area contributed by atoms with Crippen molar-refractivity contribution in [2.75, 3.05) is 31.6 Å². The molecule has 1 aromatic heterocycles. The minimum atomic E-state index is -0.443. The third-order valence-electron chi connectivity index (χ3n) is 6.25. The van der Waals surface area contributed by atoms with Crippen molar-refractivity contribution in [1.82, 2.24) is 19.4 Å². The van der Waals surface area contributed by atoms with Crippen LogP contribution in [0.1, 0.15) is 25.0 Å². The summed E-state index contributed by atoms with van der Waals surface area (Å²) in [6, 6.07) is 17.6. The normalized spacial score (nSPS) is 16.2. The largest absolute Gasteiger partial charge is 0.374 e. The van der Waals surface area contributed by atoms with E-state index >= 15 is 0 Å². The number of ether oxygens (including phenoxy) is 1. The van der Waals surface area contributed by atoms with Crippen molar-refractivity contribution >= 4 is 24.1 Å². The molecule has 1 atom stereocenters. The molecule has 2 aromatic carbocycles. The van der Waals surface area contributed by atoms with Gasteiger partial charge in [0.2, 0.25) is 0 Å². The summed E-state index contributed by atoms with van der Waals surface area (Å²) >= 11 is 5.79. The second-order valence-electron chi connectivity index (χ2n) is 9.62. The first-order valence-corrected chi connectivity index (χ1v) is 13.2. The topological polar surface area (TPSA) is 99.6 Å². The molecule has 1 aliphatic rings. The molecule has 0 aliphatic carbocycles. The number of nitrogens with one attached hydrogen (secondary N) is 2. The van der Waals surface area contributed by atoms with Crippen LogP contribution < -0.4 is 16.1 Å². The van der Waals surface area contributed by atoms with Crippen LogP contribution in [0.5, 0.6) is 0 Å². The van der Waals surface area contributed by atoms with Gasteiger partial charge in [-0.05, 0) is 55.9 Å². The Bertz CT molecular complexity index is 1480. The van der Waals surface area contributed by atoms with E-state index in [1.165, 1.54) is 12.1 Å². The molecule has 2 amide bonds. The number of morpholine rings is 1. The number of anilines is 1. The van der Waals surface area contributed by atoms with Crippen molar-refractivity contribution in [1.29, 1.82) is 5.26 Å². The number of halogens is 1. The molecule has 1 fully saturated rings. The lowest BCUT2D eigenvalue weighted by Gasteiger charge is -2.32. The molecule has 9 nitrogen and oxygen atoms in total. The van der Waals surface area contributed by atoms with Crippen LogP contribution in [0.2, 0.25) is 0 Å². The average Bonchev–Trinajstić information content (AvgIpc) is 2.92. The first kappa shape index (κ1) is 28.2. The molecule has 2 heterocycles. The van der Waals surface area contributed by atoms with E-state index in [1.54, 1.807) is 28.3 Å². The molecule has 1 unspecified atom stereocenters. The molecular formula is C28H32FN7O2S. The van der Waals surface area contributed by atoms with E-state index in [9.17, 15) is 14.4 Å². The van der Waals surface area contributed by atoms with Gasteiger partial charge in [0.05, 0.1) is 19.3 Å². The first-order valence-electron chi connectivity index (χ1n) is 12.7. The monoisotopic (exact) mass is 549 g/mol. The zero-order chi connectivity index (χ0) is 27.9. The minimum Gasteiger partial charge on any atom is -0.374 e. The summed E-state index contributed by atoms with van der Waals surface area (Å²) < 4.78 is 23.0. The summed E-state index contributed by atoms with van der Waals surface area (Å²) in [6.07, 6.45) is -0.224. The third kappa shape index (κ3) is 6.97. The number of nitriles is 1. The van der Waals surface area contributed by atoms with Gasteiger partial charge in [-0.1, -0.05) is 30.3 Å². The van der Waals surface area contributed by atoms with Crippen LogP contribution in [0.15, 0.2) is 59.6 Å². The number of aromatic nitrogens is 2. The Morgan fingerprint density at radius 1 is 1.23 bits per heavy atom. The van der Waals surface area contributed by atoms with E-state index in [0.717, 1.165) is 17.8 Å². The van der Waals surface area contributed by atoms with Gasteiger partial charge in [-0.3, -0.25) is 19.8 Å². The number of para-hydroxylation sites is 1. The second-order valence-corrected chi connectivity index (χ2v) is 9.98. The Morgan fingerprint density at radius 3 is 2.62 bits per heavy atom. The van der Waals surface area contributed by atoms with Crippen LogP contribution in [0.4, 0.5) is 15.0 Å². The number of nitrogens with zero attached hydrogens (tertiary/aromatic N) is 5. The number of hydrogen-bond acceptors (Lipinski definition) is 6. The Hall–Kier alpha value is -3.85. The average molecular weight is 550 g/mol. The zero-order valence-electron chi connectivity index (χ0n) is 22.2. The maximum absolute atomic E-state index is 13.3. The van der Waals surface area contributed by atoms with Crippen molar-refractivity contribution in [2.24, 2.45) is 12.0 Å². The van der Waals surface area contributed by atoms with Crippen LogP contribution in [0.3, 0.4) is 0 Å². The minimum absolute atomic E-state index is 0.0905. The molecule has 0 radical (unpaired) electrons. The third-order valence-corrected chi connectivity index (χ3v) is 6.71. The van der Waals surface area contributed by atoms with Crippen LogP contribution >= 0.6 is 12.2 Å². The van der Waals surface area contributed by atoms with Gasteiger partial charge in [0, 0.05) is 38.4 Å². The molecule has 11 heteroatoms. The molecule has 1 aliphatic heterocycles. The van der Waals surface area contributed by atoms with Crippen molar-refractivity contribution in [3.8, 4) is 11.8 Å². The number of amides is 2. The fraction of sp³-hybridized carbons (Fsp3) is 0.357. The highest BCUT2D eigenvalue weighted by molar-refractivity contribution is 7.71. The predicted octanol–water partition coefficient (Wildman–Crippen LogP) is 3.89. The Labute approximate surface area is 232 Å². The maximum Gasteiger partial charge on any atom is 0.320 e. The van der Waals surface area contributed by atoms with Gasteiger partial charge >= 0.3 is 6.03 Å². The molecular weight excluding hydrogens is 517 g/mol. The number of hydrogen-bond donors (Lipinski definition) is 2. The van der Waals surface area contributed by atoms with Gasteiger partial charge in [-0.2, -0.15) is 5.26 Å². The molecule has 0 saturated carbocycles. The van der Waals surface area contributed by atoms with E-state index in [2.05, 4.69) is 21.6 Å². The SMILES string of the molecule is CC(C)NC(=O)Nc1c(C#N)c(=NCC2CN(Cc3ccc(F)cc3)CCO2)n(-c2ccccc2)c(=S)n1C.